The Morgan fingerprint density at radius 1 is 1.00 bits per heavy atom. The van der Waals surface area contributed by atoms with E-state index in [4.69, 9.17) is 0 Å². The SMILES string of the molecule is Cc1c(F)cccc1C1CCN(Cc2ccccc2)CC1. The zero-order chi connectivity index (χ0) is 14.7. The Bertz CT molecular complexity index is 586. The molecule has 110 valence electrons. The van der Waals surface area contributed by atoms with Gasteiger partial charge in [0.25, 0.3) is 0 Å². The number of benzene rings is 2. The van der Waals surface area contributed by atoms with E-state index < -0.39 is 0 Å². The van der Waals surface area contributed by atoms with Crippen molar-refractivity contribution in [3.8, 4) is 0 Å². The van der Waals surface area contributed by atoms with Crippen LogP contribution in [0.3, 0.4) is 0 Å². The van der Waals surface area contributed by atoms with Gasteiger partial charge in [-0.1, -0.05) is 42.5 Å². The highest BCUT2D eigenvalue weighted by molar-refractivity contribution is 5.31. The van der Waals surface area contributed by atoms with Crippen LogP contribution in [0.15, 0.2) is 48.5 Å². The van der Waals surface area contributed by atoms with Gasteiger partial charge in [-0.25, -0.2) is 4.39 Å². The smallest absolute Gasteiger partial charge is 0.126 e. The van der Waals surface area contributed by atoms with Crippen LogP contribution in [0.25, 0.3) is 0 Å². The molecule has 0 aromatic heterocycles. The minimum atomic E-state index is -0.0702. The first-order valence-electron chi connectivity index (χ1n) is 7.75. The summed E-state index contributed by atoms with van der Waals surface area (Å²) in [6.07, 6.45) is 2.24. The average Bonchev–Trinajstić information content (AvgIpc) is 2.52. The number of nitrogens with zero attached hydrogens (tertiary/aromatic N) is 1. The molecule has 0 saturated carbocycles. The van der Waals surface area contributed by atoms with Gasteiger partial charge in [0.1, 0.15) is 5.82 Å². The van der Waals surface area contributed by atoms with Gasteiger partial charge in [-0.15, -0.1) is 0 Å². The summed E-state index contributed by atoms with van der Waals surface area (Å²) in [4.78, 5) is 2.50. The van der Waals surface area contributed by atoms with Crippen molar-refractivity contribution in [2.45, 2.75) is 32.2 Å². The first-order chi connectivity index (χ1) is 10.2. The maximum Gasteiger partial charge on any atom is 0.126 e. The standard InChI is InChI=1S/C19H22FN/c1-15-18(8-5-9-19(15)20)17-10-12-21(13-11-17)14-16-6-3-2-4-7-16/h2-9,17H,10-14H2,1H3. The molecule has 1 aliphatic heterocycles. The van der Waals surface area contributed by atoms with Gasteiger partial charge in [0.05, 0.1) is 0 Å². The van der Waals surface area contributed by atoms with Crippen LogP contribution in [0.4, 0.5) is 4.39 Å². The molecule has 1 nitrogen and oxygen atoms in total. The number of likely N-dealkylation sites (tertiary alicyclic amines) is 1. The average molecular weight is 283 g/mol. The predicted molar refractivity (Wildman–Crippen MR) is 84.8 cm³/mol. The van der Waals surface area contributed by atoms with Crippen molar-refractivity contribution in [3.05, 3.63) is 71.0 Å². The van der Waals surface area contributed by atoms with Crippen molar-refractivity contribution >= 4 is 0 Å². The second-order valence-corrected chi connectivity index (χ2v) is 5.99. The quantitative estimate of drug-likeness (QED) is 0.801. The summed E-state index contributed by atoms with van der Waals surface area (Å²) >= 11 is 0. The molecule has 21 heavy (non-hydrogen) atoms. The number of halogens is 1. The zero-order valence-corrected chi connectivity index (χ0v) is 12.6. The lowest BCUT2D eigenvalue weighted by atomic mass is 9.86. The van der Waals surface area contributed by atoms with Gasteiger partial charge in [0, 0.05) is 6.54 Å². The maximum atomic E-state index is 13.7. The molecule has 0 radical (unpaired) electrons. The van der Waals surface area contributed by atoms with Crippen LogP contribution in [-0.4, -0.2) is 18.0 Å². The van der Waals surface area contributed by atoms with E-state index in [2.05, 4.69) is 41.3 Å². The van der Waals surface area contributed by atoms with Crippen molar-refractivity contribution < 1.29 is 4.39 Å². The highest BCUT2D eigenvalue weighted by Crippen LogP contribution is 2.31. The van der Waals surface area contributed by atoms with Crippen LogP contribution in [-0.2, 0) is 6.54 Å². The Hall–Kier alpha value is -1.67. The van der Waals surface area contributed by atoms with E-state index in [1.807, 2.05) is 13.0 Å². The van der Waals surface area contributed by atoms with Crippen molar-refractivity contribution in [1.29, 1.82) is 0 Å². The van der Waals surface area contributed by atoms with Gasteiger partial charge < -0.3 is 0 Å². The summed E-state index contributed by atoms with van der Waals surface area (Å²) in [5.74, 6) is 0.437. The molecule has 2 aromatic carbocycles. The van der Waals surface area contributed by atoms with E-state index in [-0.39, 0.29) is 5.82 Å². The third-order valence-electron chi connectivity index (χ3n) is 4.59. The second kappa shape index (κ2) is 6.40. The lowest BCUT2D eigenvalue weighted by Gasteiger charge is -2.32. The first kappa shape index (κ1) is 14.3. The molecule has 1 heterocycles. The number of hydrogen-bond donors (Lipinski definition) is 0. The lowest BCUT2D eigenvalue weighted by molar-refractivity contribution is 0.204. The molecule has 0 aliphatic carbocycles. The van der Waals surface area contributed by atoms with Crippen LogP contribution in [0, 0.1) is 12.7 Å². The van der Waals surface area contributed by atoms with E-state index in [0.29, 0.717) is 5.92 Å². The Morgan fingerprint density at radius 2 is 1.71 bits per heavy atom. The molecular formula is C19H22FN. The summed E-state index contributed by atoms with van der Waals surface area (Å²) in [7, 11) is 0. The van der Waals surface area contributed by atoms with E-state index in [0.717, 1.165) is 38.0 Å². The largest absolute Gasteiger partial charge is 0.299 e. The van der Waals surface area contributed by atoms with Crippen LogP contribution in [0.1, 0.15) is 35.4 Å². The fraction of sp³-hybridized carbons (Fsp3) is 0.368. The van der Waals surface area contributed by atoms with E-state index in [1.54, 1.807) is 6.07 Å². The topological polar surface area (TPSA) is 3.24 Å². The Labute approximate surface area is 126 Å². The molecule has 0 atom stereocenters. The second-order valence-electron chi connectivity index (χ2n) is 5.99. The minimum absolute atomic E-state index is 0.0702. The van der Waals surface area contributed by atoms with Gasteiger partial charge >= 0.3 is 0 Å². The summed E-state index contributed by atoms with van der Waals surface area (Å²) < 4.78 is 13.7. The highest BCUT2D eigenvalue weighted by Gasteiger charge is 2.22. The van der Waals surface area contributed by atoms with Crippen molar-refractivity contribution in [1.82, 2.24) is 4.90 Å². The molecule has 0 amide bonds. The van der Waals surface area contributed by atoms with Crippen LogP contribution >= 0.6 is 0 Å². The number of hydrogen-bond acceptors (Lipinski definition) is 1. The summed E-state index contributed by atoms with van der Waals surface area (Å²) in [6, 6.07) is 16.1. The van der Waals surface area contributed by atoms with Crippen molar-refractivity contribution in [2.24, 2.45) is 0 Å². The maximum absolute atomic E-state index is 13.7. The molecule has 1 saturated heterocycles. The molecule has 0 unspecified atom stereocenters. The molecular weight excluding hydrogens is 261 g/mol. The molecule has 3 rings (SSSR count). The third-order valence-corrected chi connectivity index (χ3v) is 4.59. The van der Waals surface area contributed by atoms with Gasteiger partial charge in [0.15, 0.2) is 0 Å². The van der Waals surface area contributed by atoms with Crippen LogP contribution in [0.2, 0.25) is 0 Å². The molecule has 0 spiro atoms. The van der Waals surface area contributed by atoms with Gasteiger partial charge in [-0.3, -0.25) is 4.90 Å². The van der Waals surface area contributed by atoms with Crippen LogP contribution in [0.5, 0.6) is 0 Å². The van der Waals surface area contributed by atoms with Gasteiger partial charge in [-0.2, -0.15) is 0 Å². The molecule has 0 bridgehead atoms. The molecule has 2 aromatic rings. The number of rotatable bonds is 3. The van der Waals surface area contributed by atoms with E-state index in [1.165, 1.54) is 11.1 Å². The van der Waals surface area contributed by atoms with Crippen LogP contribution < -0.4 is 0 Å². The Balaban J connectivity index is 1.61. The van der Waals surface area contributed by atoms with Crippen molar-refractivity contribution in [3.63, 3.8) is 0 Å². The highest BCUT2D eigenvalue weighted by atomic mass is 19.1. The molecule has 2 heteroatoms. The predicted octanol–water partition coefficient (Wildman–Crippen LogP) is 4.51. The monoisotopic (exact) mass is 283 g/mol. The fourth-order valence-corrected chi connectivity index (χ4v) is 3.31. The minimum Gasteiger partial charge on any atom is -0.299 e. The van der Waals surface area contributed by atoms with E-state index >= 15 is 0 Å². The summed E-state index contributed by atoms with van der Waals surface area (Å²) in [5, 5.41) is 0. The molecule has 1 fully saturated rings. The fourth-order valence-electron chi connectivity index (χ4n) is 3.31. The Morgan fingerprint density at radius 3 is 2.43 bits per heavy atom. The molecule has 0 N–H and O–H groups in total. The number of piperidine rings is 1. The molecule has 1 aliphatic rings. The first-order valence-corrected chi connectivity index (χ1v) is 7.75. The zero-order valence-electron chi connectivity index (χ0n) is 12.6. The van der Waals surface area contributed by atoms with E-state index in [9.17, 15) is 4.39 Å². The van der Waals surface area contributed by atoms with Crippen molar-refractivity contribution in [2.75, 3.05) is 13.1 Å². The Kier molecular flexibility index (Phi) is 4.35. The normalized spacial score (nSPS) is 17.0. The van der Waals surface area contributed by atoms with Gasteiger partial charge in [-0.05, 0) is 61.5 Å². The summed E-state index contributed by atoms with van der Waals surface area (Å²) in [6.45, 7) is 5.11. The van der Waals surface area contributed by atoms with Gasteiger partial charge in [0.2, 0.25) is 0 Å². The lowest BCUT2D eigenvalue weighted by Crippen LogP contribution is -2.32. The summed E-state index contributed by atoms with van der Waals surface area (Å²) in [5.41, 5.74) is 3.41. The third kappa shape index (κ3) is 3.33.